The summed E-state index contributed by atoms with van der Waals surface area (Å²) in [5.41, 5.74) is -1.41. The molecule has 0 unspecified atom stereocenters. The van der Waals surface area contributed by atoms with Crippen LogP contribution in [0.2, 0.25) is 0 Å². The Bertz CT molecular complexity index is 444. The van der Waals surface area contributed by atoms with Crippen molar-refractivity contribution in [1.29, 1.82) is 0 Å². The SMILES string of the molecule is CC(C)(C)OP(=O)(O[C@H]1CCCC[C@H]1COC(=O)O)OC(C)(C)C. The Morgan fingerprint density at radius 2 is 1.54 bits per heavy atom. The maximum absolute atomic E-state index is 13.2. The fourth-order valence-corrected chi connectivity index (χ4v) is 4.65. The van der Waals surface area contributed by atoms with Gasteiger partial charge in [0.2, 0.25) is 0 Å². The molecule has 2 atom stereocenters. The van der Waals surface area contributed by atoms with E-state index in [2.05, 4.69) is 0 Å². The summed E-state index contributed by atoms with van der Waals surface area (Å²) in [5.74, 6) is -0.157. The Balaban J connectivity index is 2.89. The van der Waals surface area contributed by atoms with E-state index in [0.29, 0.717) is 6.42 Å². The van der Waals surface area contributed by atoms with Gasteiger partial charge in [-0.2, -0.15) is 0 Å². The van der Waals surface area contributed by atoms with E-state index in [1.54, 1.807) is 41.5 Å². The van der Waals surface area contributed by atoms with Crippen LogP contribution in [0.25, 0.3) is 0 Å². The number of ether oxygens (including phenoxy) is 1. The highest BCUT2D eigenvalue weighted by Crippen LogP contribution is 2.57. The van der Waals surface area contributed by atoms with Crippen LogP contribution in [0, 0.1) is 5.92 Å². The minimum Gasteiger partial charge on any atom is -0.450 e. The normalized spacial score (nSPS) is 23.1. The van der Waals surface area contributed by atoms with Crippen molar-refractivity contribution in [2.45, 2.75) is 84.5 Å². The standard InChI is InChI=1S/C16H31O7P/c1-15(2,3)22-24(19,23-16(4,5)6)21-13-10-8-7-9-12(13)11-20-14(17)18/h12-13H,7-11H2,1-6H3,(H,17,18)/t12-,13-/m0/s1. The molecule has 24 heavy (non-hydrogen) atoms. The van der Waals surface area contributed by atoms with Gasteiger partial charge in [-0.05, 0) is 54.4 Å². The van der Waals surface area contributed by atoms with Crippen molar-refractivity contribution in [3.8, 4) is 0 Å². The van der Waals surface area contributed by atoms with Gasteiger partial charge in [-0.25, -0.2) is 9.36 Å². The topological polar surface area (TPSA) is 91.3 Å². The highest BCUT2D eigenvalue weighted by atomic mass is 31.2. The lowest BCUT2D eigenvalue weighted by Crippen LogP contribution is -2.33. The van der Waals surface area contributed by atoms with Crippen LogP contribution in [-0.2, 0) is 22.9 Å². The van der Waals surface area contributed by atoms with Crippen molar-refractivity contribution < 1.29 is 32.8 Å². The molecule has 0 amide bonds. The summed E-state index contributed by atoms with van der Waals surface area (Å²) in [5, 5.41) is 8.70. The third-order valence-corrected chi connectivity index (χ3v) is 5.37. The first kappa shape index (κ1) is 21.4. The Hall–Kier alpha value is -0.620. The Morgan fingerprint density at radius 3 is 2.00 bits per heavy atom. The number of hydrogen-bond donors (Lipinski definition) is 1. The monoisotopic (exact) mass is 366 g/mol. The van der Waals surface area contributed by atoms with Crippen molar-refractivity contribution in [2.24, 2.45) is 5.92 Å². The molecule has 0 aromatic rings. The van der Waals surface area contributed by atoms with Gasteiger partial charge in [0.15, 0.2) is 0 Å². The molecule has 142 valence electrons. The molecule has 0 aromatic carbocycles. The third-order valence-electron chi connectivity index (χ3n) is 3.30. The van der Waals surface area contributed by atoms with E-state index in [9.17, 15) is 9.36 Å². The number of hydrogen-bond acceptors (Lipinski definition) is 6. The highest BCUT2D eigenvalue weighted by molar-refractivity contribution is 7.48. The van der Waals surface area contributed by atoms with Crippen LogP contribution >= 0.6 is 7.82 Å². The van der Waals surface area contributed by atoms with Crippen LogP contribution in [0.5, 0.6) is 0 Å². The fourth-order valence-electron chi connectivity index (χ4n) is 2.58. The lowest BCUT2D eigenvalue weighted by molar-refractivity contribution is -0.0384. The summed E-state index contributed by atoms with van der Waals surface area (Å²) in [6, 6.07) is 0. The molecule has 0 spiro atoms. The second kappa shape index (κ2) is 8.17. The molecule has 0 aromatic heterocycles. The smallest absolute Gasteiger partial charge is 0.450 e. The van der Waals surface area contributed by atoms with Crippen LogP contribution < -0.4 is 0 Å². The minimum atomic E-state index is -3.82. The maximum Gasteiger partial charge on any atom is 0.505 e. The van der Waals surface area contributed by atoms with Crippen LogP contribution in [0.4, 0.5) is 4.79 Å². The van der Waals surface area contributed by atoms with Gasteiger partial charge >= 0.3 is 14.0 Å². The van der Waals surface area contributed by atoms with Crippen LogP contribution in [0.3, 0.4) is 0 Å². The first-order chi connectivity index (χ1) is 10.8. The summed E-state index contributed by atoms with van der Waals surface area (Å²) in [6.45, 7) is 10.7. The lowest BCUT2D eigenvalue weighted by Gasteiger charge is -2.36. The van der Waals surface area contributed by atoms with Crippen LogP contribution in [-0.4, -0.2) is 35.2 Å². The van der Waals surface area contributed by atoms with E-state index in [1.807, 2.05) is 0 Å². The zero-order valence-electron chi connectivity index (χ0n) is 15.5. The average molecular weight is 366 g/mol. The molecule has 1 saturated carbocycles. The summed E-state index contributed by atoms with van der Waals surface area (Å²) in [6.07, 6.45) is 1.55. The van der Waals surface area contributed by atoms with Crippen molar-refractivity contribution >= 4 is 14.0 Å². The summed E-state index contributed by atoms with van der Waals surface area (Å²) in [4.78, 5) is 10.6. The minimum absolute atomic E-state index is 0.0189. The second-order valence-electron chi connectivity index (χ2n) is 8.12. The van der Waals surface area contributed by atoms with Gasteiger partial charge in [0.05, 0.1) is 17.3 Å². The molecule has 7 nitrogen and oxygen atoms in total. The van der Waals surface area contributed by atoms with E-state index < -0.39 is 31.3 Å². The number of carboxylic acid groups (broad SMARTS) is 1. The van der Waals surface area contributed by atoms with E-state index in [1.165, 1.54) is 0 Å². The lowest BCUT2D eigenvalue weighted by atomic mass is 9.87. The number of phosphoric acid groups is 1. The molecule has 8 heteroatoms. The van der Waals surface area contributed by atoms with Crippen molar-refractivity contribution in [2.75, 3.05) is 6.61 Å². The largest absolute Gasteiger partial charge is 0.505 e. The Morgan fingerprint density at radius 1 is 1.04 bits per heavy atom. The number of rotatable bonds is 6. The highest BCUT2D eigenvalue weighted by Gasteiger charge is 2.41. The molecule has 1 fully saturated rings. The Labute approximate surface area is 144 Å². The van der Waals surface area contributed by atoms with Gasteiger partial charge < -0.3 is 9.84 Å². The van der Waals surface area contributed by atoms with Gasteiger partial charge in [-0.3, -0.25) is 13.6 Å². The van der Waals surface area contributed by atoms with E-state index >= 15 is 0 Å². The van der Waals surface area contributed by atoms with Gasteiger partial charge in [-0.1, -0.05) is 12.8 Å². The first-order valence-electron chi connectivity index (χ1n) is 8.35. The van der Waals surface area contributed by atoms with Gasteiger partial charge in [0, 0.05) is 5.92 Å². The summed E-state index contributed by atoms with van der Waals surface area (Å²) >= 11 is 0. The summed E-state index contributed by atoms with van der Waals surface area (Å²) in [7, 11) is -3.82. The molecule has 0 radical (unpaired) electrons. The van der Waals surface area contributed by atoms with Gasteiger partial charge in [0.25, 0.3) is 0 Å². The molecule has 0 heterocycles. The zero-order valence-corrected chi connectivity index (χ0v) is 16.4. The molecule has 1 rings (SSSR count). The molecule has 1 aliphatic carbocycles. The second-order valence-corrected chi connectivity index (χ2v) is 9.59. The molecule has 0 saturated heterocycles. The quantitative estimate of drug-likeness (QED) is 0.523. The molecule has 1 N–H and O–H groups in total. The first-order valence-corrected chi connectivity index (χ1v) is 9.81. The molecular formula is C16H31O7P. The van der Waals surface area contributed by atoms with Crippen LogP contribution in [0.15, 0.2) is 0 Å². The van der Waals surface area contributed by atoms with Gasteiger partial charge in [-0.15, -0.1) is 0 Å². The predicted octanol–water partition coefficient (Wildman–Crippen LogP) is 4.99. The number of phosphoric ester groups is 1. The molecule has 0 bridgehead atoms. The number of carbonyl (C=O) groups is 1. The predicted molar refractivity (Wildman–Crippen MR) is 90.1 cm³/mol. The van der Waals surface area contributed by atoms with Crippen molar-refractivity contribution in [1.82, 2.24) is 0 Å². The van der Waals surface area contributed by atoms with Gasteiger partial charge in [0.1, 0.15) is 6.61 Å². The molecule has 1 aliphatic rings. The van der Waals surface area contributed by atoms with Crippen LogP contribution in [0.1, 0.15) is 67.2 Å². The van der Waals surface area contributed by atoms with Crippen molar-refractivity contribution in [3.05, 3.63) is 0 Å². The molecular weight excluding hydrogens is 335 g/mol. The average Bonchev–Trinajstić information content (AvgIpc) is 2.32. The fraction of sp³-hybridized carbons (Fsp3) is 0.938. The summed E-state index contributed by atoms with van der Waals surface area (Å²) < 4.78 is 34.9. The zero-order chi connectivity index (χ0) is 18.6. The molecule has 0 aliphatic heterocycles. The Kier molecular flexibility index (Phi) is 7.29. The van der Waals surface area contributed by atoms with E-state index in [-0.39, 0.29) is 12.5 Å². The maximum atomic E-state index is 13.2. The third kappa shape index (κ3) is 8.47. The van der Waals surface area contributed by atoms with E-state index in [4.69, 9.17) is 23.4 Å². The van der Waals surface area contributed by atoms with E-state index in [0.717, 1.165) is 19.3 Å². The van der Waals surface area contributed by atoms with Crippen molar-refractivity contribution in [3.63, 3.8) is 0 Å².